The number of nitrogens with two attached hydrogens (primary N) is 2. The molecule has 0 aliphatic carbocycles. The first-order valence-corrected chi connectivity index (χ1v) is 6.66. The van der Waals surface area contributed by atoms with Crippen LogP contribution in [0.5, 0.6) is 0 Å². The summed E-state index contributed by atoms with van der Waals surface area (Å²) < 4.78 is 0. The van der Waals surface area contributed by atoms with Gasteiger partial charge in [0.2, 0.25) is 0 Å². The van der Waals surface area contributed by atoms with Crippen LogP contribution in [0, 0.1) is 6.92 Å². The first kappa shape index (κ1) is 13.4. The molecule has 0 saturated carbocycles. The number of hydrogen-bond acceptors (Lipinski definition) is 5. The lowest BCUT2D eigenvalue weighted by atomic mass is 10.1. The van der Waals surface area contributed by atoms with Gasteiger partial charge in [-0.1, -0.05) is 0 Å². The zero-order valence-corrected chi connectivity index (χ0v) is 11.7. The van der Waals surface area contributed by atoms with Crippen molar-refractivity contribution in [2.24, 2.45) is 0 Å². The molecular weight excluding hydrogens is 260 g/mol. The summed E-state index contributed by atoms with van der Waals surface area (Å²) in [5, 5.41) is 0. The number of nitrogens with zero attached hydrogens (tertiary/aromatic N) is 2. The van der Waals surface area contributed by atoms with Crippen molar-refractivity contribution in [3.63, 3.8) is 0 Å². The molecule has 0 bridgehead atoms. The molecule has 0 spiro atoms. The van der Waals surface area contributed by atoms with Crippen LogP contribution in [0.3, 0.4) is 0 Å². The number of amides is 1. The Kier molecular flexibility index (Phi) is 3.71. The summed E-state index contributed by atoms with van der Waals surface area (Å²) in [6, 6.07) is 4.93. The monoisotopic (exact) mass is 276 g/mol. The van der Waals surface area contributed by atoms with E-state index in [1.165, 1.54) is 0 Å². The van der Waals surface area contributed by atoms with Crippen LogP contribution in [0.15, 0.2) is 23.7 Å². The second-order valence-corrected chi connectivity index (χ2v) is 5.31. The highest BCUT2D eigenvalue weighted by Gasteiger charge is 2.16. The number of thiazole rings is 1. The summed E-state index contributed by atoms with van der Waals surface area (Å²) in [5.74, 6) is -0.120. The highest BCUT2D eigenvalue weighted by atomic mass is 32.1. The number of nitrogen functional groups attached to an aromatic ring is 2. The molecule has 6 heteroatoms. The molecule has 2 aromatic rings. The number of carbonyl (C=O) groups is 1. The number of hydrogen-bond donors (Lipinski definition) is 2. The van der Waals surface area contributed by atoms with Gasteiger partial charge in [-0.15, -0.1) is 11.3 Å². The Morgan fingerprint density at radius 3 is 2.74 bits per heavy atom. The van der Waals surface area contributed by atoms with E-state index in [0.717, 1.165) is 10.6 Å². The van der Waals surface area contributed by atoms with E-state index < -0.39 is 0 Å². The van der Waals surface area contributed by atoms with Gasteiger partial charge in [-0.25, -0.2) is 4.98 Å². The third kappa shape index (κ3) is 2.85. The van der Waals surface area contributed by atoms with Crippen LogP contribution in [-0.2, 0) is 6.54 Å². The van der Waals surface area contributed by atoms with Gasteiger partial charge in [-0.3, -0.25) is 4.79 Å². The molecule has 19 heavy (non-hydrogen) atoms. The molecule has 0 fully saturated rings. The van der Waals surface area contributed by atoms with Crippen molar-refractivity contribution in [1.29, 1.82) is 0 Å². The van der Waals surface area contributed by atoms with Crippen molar-refractivity contribution in [2.75, 3.05) is 18.5 Å². The molecule has 2 rings (SSSR count). The van der Waals surface area contributed by atoms with Gasteiger partial charge < -0.3 is 16.4 Å². The van der Waals surface area contributed by atoms with E-state index in [-0.39, 0.29) is 5.91 Å². The highest BCUT2D eigenvalue weighted by Crippen LogP contribution is 2.20. The maximum Gasteiger partial charge on any atom is 0.256 e. The van der Waals surface area contributed by atoms with Gasteiger partial charge in [0.15, 0.2) is 0 Å². The minimum atomic E-state index is -0.120. The van der Waals surface area contributed by atoms with Crippen molar-refractivity contribution >= 4 is 28.6 Å². The average Bonchev–Trinajstić information content (AvgIpc) is 2.74. The van der Waals surface area contributed by atoms with Crippen LogP contribution < -0.4 is 11.5 Å². The second-order valence-electron chi connectivity index (χ2n) is 4.37. The summed E-state index contributed by atoms with van der Waals surface area (Å²) in [4.78, 5) is 19.2. The Bertz CT molecular complexity index is 608. The molecular formula is C13H16N4OS. The number of carbonyl (C=O) groups excluding carboxylic acids is 1. The Labute approximate surface area is 115 Å². The number of anilines is 2. The number of rotatable bonds is 3. The molecule has 0 saturated heterocycles. The molecule has 5 nitrogen and oxygen atoms in total. The van der Waals surface area contributed by atoms with Gasteiger partial charge in [0.25, 0.3) is 5.91 Å². The smallest absolute Gasteiger partial charge is 0.256 e. The molecule has 0 atom stereocenters. The van der Waals surface area contributed by atoms with Gasteiger partial charge in [0, 0.05) is 23.3 Å². The van der Waals surface area contributed by atoms with Gasteiger partial charge in [0.1, 0.15) is 0 Å². The molecule has 1 heterocycles. The van der Waals surface area contributed by atoms with Gasteiger partial charge in [0.05, 0.1) is 23.3 Å². The summed E-state index contributed by atoms with van der Waals surface area (Å²) in [5.41, 5.74) is 15.6. The topological polar surface area (TPSA) is 85.2 Å². The Balaban J connectivity index is 2.17. The maximum atomic E-state index is 12.3. The third-order valence-electron chi connectivity index (χ3n) is 2.88. The fraction of sp³-hybridized carbons (Fsp3) is 0.231. The summed E-state index contributed by atoms with van der Waals surface area (Å²) in [7, 11) is 1.75. The molecule has 0 aliphatic rings. The predicted molar refractivity (Wildman–Crippen MR) is 77.9 cm³/mol. The zero-order chi connectivity index (χ0) is 14.0. The lowest BCUT2D eigenvalue weighted by Crippen LogP contribution is -2.27. The highest BCUT2D eigenvalue weighted by molar-refractivity contribution is 7.09. The van der Waals surface area contributed by atoms with Gasteiger partial charge in [-0.05, 0) is 25.1 Å². The van der Waals surface area contributed by atoms with Crippen molar-refractivity contribution < 1.29 is 4.79 Å². The Morgan fingerprint density at radius 2 is 2.16 bits per heavy atom. The van der Waals surface area contributed by atoms with Crippen molar-refractivity contribution in [2.45, 2.75) is 13.5 Å². The molecule has 0 aliphatic heterocycles. The average molecular weight is 276 g/mol. The van der Waals surface area contributed by atoms with Crippen LogP contribution in [0.2, 0.25) is 0 Å². The van der Waals surface area contributed by atoms with E-state index in [1.807, 2.05) is 6.92 Å². The standard InChI is InChI=1S/C13H16N4OS/c1-8-12(19-7-16-8)6-17(2)13(18)10-4-3-9(14)5-11(10)15/h3-5,7H,6,14-15H2,1-2H3. The first-order chi connectivity index (χ1) is 8.99. The largest absolute Gasteiger partial charge is 0.399 e. The number of aryl methyl sites for hydroxylation is 1. The van der Waals surface area contributed by atoms with E-state index in [4.69, 9.17) is 11.5 Å². The summed E-state index contributed by atoms with van der Waals surface area (Å²) in [6.45, 7) is 2.46. The molecule has 1 aromatic carbocycles. The SMILES string of the molecule is Cc1ncsc1CN(C)C(=O)c1ccc(N)cc1N. The second kappa shape index (κ2) is 5.27. The van der Waals surface area contributed by atoms with Crippen LogP contribution >= 0.6 is 11.3 Å². The Hall–Kier alpha value is -2.08. The summed E-state index contributed by atoms with van der Waals surface area (Å²) in [6.07, 6.45) is 0. The molecule has 1 aromatic heterocycles. The van der Waals surface area contributed by atoms with E-state index in [2.05, 4.69) is 4.98 Å². The summed E-state index contributed by atoms with van der Waals surface area (Å²) >= 11 is 1.54. The van der Waals surface area contributed by atoms with Crippen LogP contribution in [0.4, 0.5) is 11.4 Å². The van der Waals surface area contributed by atoms with Gasteiger partial charge in [-0.2, -0.15) is 0 Å². The molecule has 0 unspecified atom stereocenters. The van der Waals surface area contributed by atoms with Crippen LogP contribution in [-0.4, -0.2) is 22.8 Å². The predicted octanol–water partition coefficient (Wildman–Crippen LogP) is 1.89. The lowest BCUT2D eigenvalue weighted by Gasteiger charge is -2.17. The number of aromatic nitrogens is 1. The van der Waals surface area contributed by atoms with E-state index in [0.29, 0.717) is 23.5 Å². The van der Waals surface area contributed by atoms with Crippen molar-refractivity contribution in [3.05, 3.63) is 39.8 Å². The van der Waals surface area contributed by atoms with E-state index >= 15 is 0 Å². The Morgan fingerprint density at radius 1 is 1.42 bits per heavy atom. The normalized spacial score (nSPS) is 10.4. The molecule has 4 N–H and O–H groups in total. The van der Waals surface area contributed by atoms with Crippen LogP contribution in [0.1, 0.15) is 20.9 Å². The molecule has 1 amide bonds. The maximum absolute atomic E-state index is 12.3. The van der Waals surface area contributed by atoms with E-state index in [9.17, 15) is 4.79 Å². The number of benzene rings is 1. The first-order valence-electron chi connectivity index (χ1n) is 5.78. The lowest BCUT2D eigenvalue weighted by molar-refractivity contribution is 0.0787. The van der Waals surface area contributed by atoms with Crippen LogP contribution in [0.25, 0.3) is 0 Å². The molecule has 100 valence electrons. The minimum Gasteiger partial charge on any atom is -0.399 e. The van der Waals surface area contributed by atoms with E-state index in [1.54, 1.807) is 47.0 Å². The fourth-order valence-electron chi connectivity index (χ4n) is 1.75. The fourth-order valence-corrected chi connectivity index (χ4v) is 2.58. The quantitative estimate of drug-likeness (QED) is 0.838. The minimum absolute atomic E-state index is 0.120. The van der Waals surface area contributed by atoms with Crippen molar-refractivity contribution in [1.82, 2.24) is 9.88 Å². The molecule has 0 radical (unpaired) electrons. The third-order valence-corrected chi connectivity index (χ3v) is 3.80. The van der Waals surface area contributed by atoms with Crippen molar-refractivity contribution in [3.8, 4) is 0 Å². The van der Waals surface area contributed by atoms with Gasteiger partial charge >= 0.3 is 0 Å². The zero-order valence-electron chi connectivity index (χ0n) is 10.9.